The zero-order valence-electron chi connectivity index (χ0n) is 24.8. The molecule has 0 saturated heterocycles. The standard InChI is InChI=1S/C32H32FN9O2/c1-18(2)9-28(43)37-22-11-20(15-34-16-22)26-14-25-27(17-36-26)40-41-30(25)32-38-29-24(5-6-35-31(29)39-32)19-10-21(33)13-23(12-19)44-8-7-42(3)4/h5-6,10-18H,7-9H2,1-4H3,(H,37,43)(H,40,41)(H,35,38,39). The van der Waals surface area contributed by atoms with Gasteiger partial charge in [-0.1, -0.05) is 13.8 Å². The largest absolute Gasteiger partial charge is 0.492 e. The fourth-order valence-corrected chi connectivity index (χ4v) is 4.90. The molecule has 0 bridgehead atoms. The molecule has 3 N–H and O–H groups in total. The number of H-pyrrole nitrogens is 2. The van der Waals surface area contributed by atoms with Crippen LogP contribution in [0.5, 0.6) is 5.75 Å². The van der Waals surface area contributed by atoms with Gasteiger partial charge in [-0.2, -0.15) is 5.10 Å². The van der Waals surface area contributed by atoms with Gasteiger partial charge in [0, 0.05) is 47.9 Å². The van der Waals surface area contributed by atoms with Crippen LogP contribution in [0.1, 0.15) is 20.3 Å². The number of aromatic nitrogens is 7. The molecule has 0 aliphatic rings. The lowest BCUT2D eigenvalue weighted by Gasteiger charge is -2.12. The van der Waals surface area contributed by atoms with Gasteiger partial charge in [0.05, 0.1) is 34.8 Å². The molecule has 6 rings (SSSR count). The summed E-state index contributed by atoms with van der Waals surface area (Å²) in [5.41, 5.74) is 5.78. The van der Waals surface area contributed by atoms with Crippen LogP contribution in [0.25, 0.3) is 56.0 Å². The molecule has 44 heavy (non-hydrogen) atoms. The van der Waals surface area contributed by atoms with E-state index in [0.717, 1.165) is 22.0 Å². The topological polar surface area (TPSA) is 138 Å². The van der Waals surface area contributed by atoms with Crippen LogP contribution in [0, 0.1) is 11.7 Å². The smallest absolute Gasteiger partial charge is 0.224 e. The van der Waals surface area contributed by atoms with Crippen molar-refractivity contribution >= 4 is 33.7 Å². The third-order valence-corrected chi connectivity index (χ3v) is 6.96. The number of nitrogens with one attached hydrogen (secondary N) is 3. The number of anilines is 1. The van der Waals surface area contributed by atoms with E-state index in [1.165, 1.54) is 12.1 Å². The zero-order valence-corrected chi connectivity index (χ0v) is 24.8. The Bertz CT molecular complexity index is 1960. The van der Waals surface area contributed by atoms with Crippen LogP contribution in [-0.2, 0) is 4.79 Å². The lowest BCUT2D eigenvalue weighted by molar-refractivity contribution is -0.116. The molecule has 5 aromatic heterocycles. The van der Waals surface area contributed by atoms with Crippen LogP contribution in [-0.4, -0.2) is 73.2 Å². The molecule has 224 valence electrons. The third kappa shape index (κ3) is 6.25. The van der Waals surface area contributed by atoms with Crippen LogP contribution >= 0.6 is 0 Å². The normalized spacial score (nSPS) is 11.6. The lowest BCUT2D eigenvalue weighted by Crippen LogP contribution is -2.19. The van der Waals surface area contributed by atoms with E-state index in [1.54, 1.807) is 24.8 Å². The fourth-order valence-electron chi connectivity index (χ4n) is 4.90. The van der Waals surface area contributed by atoms with Gasteiger partial charge in [-0.05, 0) is 55.9 Å². The third-order valence-electron chi connectivity index (χ3n) is 6.96. The Labute approximate surface area is 252 Å². The van der Waals surface area contributed by atoms with E-state index in [0.29, 0.717) is 64.9 Å². The number of fused-ring (bicyclic) bond motifs is 2. The van der Waals surface area contributed by atoms with Gasteiger partial charge in [0.15, 0.2) is 11.5 Å². The first-order chi connectivity index (χ1) is 21.2. The van der Waals surface area contributed by atoms with E-state index >= 15 is 0 Å². The second-order valence-electron chi connectivity index (χ2n) is 11.3. The van der Waals surface area contributed by atoms with Crippen molar-refractivity contribution in [1.82, 2.24) is 40.0 Å². The Morgan fingerprint density at radius 1 is 1.07 bits per heavy atom. The van der Waals surface area contributed by atoms with Crippen LogP contribution in [0.2, 0.25) is 0 Å². The van der Waals surface area contributed by atoms with Crippen LogP contribution in [0.15, 0.2) is 61.2 Å². The van der Waals surface area contributed by atoms with Gasteiger partial charge in [0.1, 0.15) is 23.9 Å². The number of carbonyl (C=O) groups excluding carboxylic acids is 1. The molecule has 0 unspecified atom stereocenters. The van der Waals surface area contributed by atoms with Gasteiger partial charge in [0.2, 0.25) is 5.91 Å². The van der Waals surface area contributed by atoms with Crippen molar-refractivity contribution in [2.24, 2.45) is 5.92 Å². The number of carbonyl (C=O) groups is 1. The minimum atomic E-state index is -0.400. The van der Waals surface area contributed by atoms with E-state index in [1.807, 2.05) is 57.1 Å². The van der Waals surface area contributed by atoms with Crippen molar-refractivity contribution in [3.8, 4) is 39.7 Å². The average Bonchev–Trinajstić information content (AvgIpc) is 3.60. The van der Waals surface area contributed by atoms with Crippen molar-refractivity contribution in [3.63, 3.8) is 0 Å². The van der Waals surface area contributed by atoms with Gasteiger partial charge >= 0.3 is 0 Å². The number of pyridine rings is 3. The Hall–Kier alpha value is -5.23. The van der Waals surface area contributed by atoms with Crippen molar-refractivity contribution in [2.75, 3.05) is 32.6 Å². The number of aromatic amines is 2. The predicted octanol–water partition coefficient (Wildman–Crippen LogP) is 5.69. The van der Waals surface area contributed by atoms with Crippen molar-refractivity contribution in [1.29, 1.82) is 0 Å². The highest BCUT2D eigenvalue weighted by Gasteiger charge is 2.18. The Balaban J connectivity index is 1.33. The van der Waals surface area contributed by atoms with Gasteiger partial charge < -0.3 is 19.9 Å². The summed E-state index contributed by atoms with van der Waals surface area (Å²) in [5, 5.41) is 11.2. The number of nitrogens with zero attached hydrogens (tertiary/aromatic N) is 6. The first-order valence-corrected chi connectivity index (χ1v) is 14.3. The molecule has 1 aromatic carbocycles. The molecule has 1 amide bonds. The van der Waals surface area contributed by atoms with Crippen molar-refractivity contribution in [3.05, 3.63) is 67.0 Å². The highest BCUT2D eigenvalue weighted by Crippen LogP contribution is 2.33. The van der Waals surface area contributed by atoms with Gasteiger partial charge in [-0.25, -0.2) is 14.4 Å². The Morgan fingerprint density at radius 3 is 2.75 bits per heavy atom. The number of benzene rings is 1. The number of amides is 1. The average molecular weight is 594 g/mol. The highest BCUT2D eigenvalue weighted by atomic mass is 19.1. The summed E-state index contributed by atoms with van der Waals surface area (Å²) in [6.07, 6.45) is 7.07. The molecule has 5 heterocycles. The number of halogens is 1. The van der Waals surface area contributed by atoms with E-state index in [2.05, 4.69) is 35.5 Å². The minimum absolute atomic E-state index is 0.0661. The molecule has 12 heteroatoms. The first-order valence-electron chi connectivity index (χ1n) is 14.3. The predicted molar refractivity (Wildman–Crippen MR) is 168 cm³/mol. The summed E-state index contributed by atoms with van der Waals surface area (Å²) in [6.45, 7) is 5.14. The van der Waals surface area contributed by atoms with E-state index in [4.69, 9.17) is 9.72 Å². The molecule has 0 fully saturated rings. The maximum Gasteiger partial charge on any atom is 0.224 e. The quantitative estimate of drug-likeness (QED) is 0.184. The minimum Gasteiger partial charge on any atom is -0.492 e. The van der Waals surface area contributed by atoms with Gasteiger partial charge in [-0.3, -0.25) is 19.9 Å². The highest BCUT2D eigenvalue weighted by molar-refractivity contribution is 5.97. The molecule has 0 radical (unpaired) electrons. The number of hydrogen-bond acceptors (Lipinski definition) is 8. The molecular weight excluding hydrogens is 561 g/mol. The van der Waals surface area contributed by atoms with E-state index in [-0.39, 0.29) is 11.8 Å². The Morgan fingerprint density at radius 2 is 1.93 bits per heavy atom. The lowest BCUT2D eigenvalue weighted by atomic mass is 10.1. The summed E-state index contributed by atoms with van der Waals surface area (Å²) >= 11 is 0. The first kappa shape index (κ1) is 28.9. The van der Waals surface area contributed by atoms with Gasteiger partial charge in [-0.15, -0.1) is 0 Å². The van der Waals surface area contributed by atoms with Crippen molar-refractivity contribution < 1.29 is 13.9 Å². The van der Waals surface area contributed by atoms with Crippen LogP contribution in [0.3, 0.4) is 0 Å². The SMILES string of the molecule is CC(C)CC(=O)Nc1cncc(-c2cc3c(-c4nc5nccc(-c6cc(F)cc(OCCN(C)C)c6)c5[nH]4)n[nH]c3cn2)c1. The maximum atomic E-state index is 14.6. The molecule has 0 aliphatic carbocycles. The molecule has 0 atom stereocenters. The Kier molecular flexibility index (Phi) is 7.99. The monoisotopic (exact) mass is 593 g/mol. The molecular formula is C32H32FN9O2. The number of likely N-dealkylation sites (N-methyl/N-ethyl adjacent to an activating group) is 1. The summed E-state index contributed by atoms with van der Waals surface area (Å²) in [4.78, 5) is 35.7. The molecule has 0 spiro atoms. The summed E-state index contributed by atoms with van der Waals surface area (Å²) in [6, 6.07) is 10.2. The van der Waals surface area contributed by atoms with Gasteiger partial charge in [0.25, 0.3) is 0 Å². The molecule has 6 aromatic rings. The zero-order chi connectivity index (χ0) is 30.8. The number of ether oxygens (including phenoxy) is 1. The van der Waals surface area contributed by atoms with Crippen molar-refractivity contribution in [2.45, 2.75) is 20.3 Å². The second kappa shape index (κ2) is 12.2. The summed E-state index contributed by atoms with van der Waals surface area (Å²) in [7, 11) is 3.91. The van der Waals surface area contributed by atoms with E-state index in [9.17, 15) is 9.18 Å². The summed E-state index contributed by atoms with van der Waals surface area (Å²) in [5.74, 6) is 0.725. The number of rotatable bonds is 10. The molecule has 0 saturated carbocycles. The van der Waals surface area contributed by atoms with Crippen LogP contribution < -0.4 is 10.1 Å². The maximum absolute atomic E-state index is 14.6. The molecule has 11 nitrogen and oxygen atoms in total. The fraction of sp³-hybridized carbons (Fsp3) is 0.250. The van der Waals surface area contributed by atoms with Crippen LogP contribution in [0.4, 0.5) is 10.1 Å². The number of imidazole rings is 1. The number of hydrogen-bond donors (Lipinski definition) is 3. The molecule has 0 aliphatic heterocycles. The second-order valence-corrected chi connectivity index (χ2v) is 11.3. The van der Waals surface area contributed by atoms with E-state index < -0.39 is 5.82 Å². The summed E-state index contributed by atoms with van der Waals surface area (Å²) < 4.78 is 20.4.